The quantitative estimate of drug-likeness (QED) is 0.245. The molecule has 4 aromatic rings. The molecule has 3 aromatic carbocycles. The molecule has 1 aliphatic heterocycles. The lowest BCUT2D eigenvalue weighted by molar-refractivity contribution is -0.114. The van der Waals surface area contributed by atoms with Crippen molar-refractivity contribution in [3.63, 3.8) is 0 Å². The van der Waals surface area contributed by atoms with Crippen molar-refractivity contribution in [1.82, 2.24) is 0 Å². The van der Waals surface area contributed by atoms with Crippen LogP contribution >= 0.6 is 23.1 Å². The average molecular weight is 565 g/mol. The number of aryl methyl sites for hydroxylation is 1. The molecule has 0 saturated heterocycles. The summed E-state index contributed by atoms with van der Waals surface area (Å²) in [7, 11) is 0. The van der Waals surface area contributed by atoms with E-state index >= 15 is 0 Å². The summed E-state index contributed by atoms with van der Waals surface area (Å²) in [6.07, 6.45) is 0.879. The molecule has 1 aromatic heterocycles. The summed E-state index contributed by atoms with van der Waals surface area (Å²) in [6.45, 7) is 3.86. The first-order chi connectivity index (χ1) is 19.5. The largest absolute Gasteiger partial charge is 0.325 e. The molecule has 6 nitrogen and oxygen atoms in total. The lowest BCUT2D eigenvalue weighted by atomic mass is 9.82. The van der Waals surface area contributed by atoms with Gasteiger partial charge in [0.1, 0.15) is 5.92 Å². The Morgan fingerprint density at radius 3 is 2.48 bits per heavy atom. The van der Waals surface area contributed by atoms with Crippen molar-refractivity contribution >= 4 is 61.4 Å². The molecule has 2 N–H and O–H groups in total. The number of para-hydroxylation sites is 1. The molecule has 1 aliphatic rings. The van der Waals surface area contributed by atoms with Crippen molar-refractivity contribution in [1.29, 1.82) is 5.26 Å². The second kappa shape index (κ2) is 12.3. The molecule has 2 atom stereocenters. The van der Waals surface area contributed by atoms with Gasteiger partial charge in [0.05, 0.1) is 16.9 Å². The van der Waals surface area contributed by atoms with Gasteiger partial charge in [-0.1, -0.05) is 67.2 Å². The summed E-state index contributed by atoms with van der Waals surface area (Å²) >= 11 is 2.82. The third kappa shape index (κ3) is 6.01. The van der Waals surface area contributed by atoms with Gasteiger partial charge in [-0.2, -0.15) is 5.26 Å². The maximum atomic E-state index is 13.7. The third-order valence-corrected chi connectivity index (χ3v) is 8.96. The second-order valence-corrected chi connectivity index (χ2v) is 11.5. The number of nitrogens with zero attached hydrogens (tertiary/aromatic N) is 2. The first-order valence-corrected chi connectivity index (χ1v) is 14.8. The minimum absolute atomic E-state index is 0.103. The van der Waals surface area contributed by atoms with Crippen molar-refractivity contribution < 1.29 is 9.59 Å². The van der Waals surface area contributed by atoms with Crippen LogP contribution in [0, 0.1) is 17.2 Å². The summed E-state index contributed by atoms with van der Waals surface area (Å²) < 4.78 is 1.08. The first-order valence-electron chi connectivity index (χ1n) is 13.0. The van der Waals surface area contributed by atoms with E-state index in [1.165, 1.54) is 11.8 Å². The Hall–Kier alpha value is -4.19. The number of amides is 2. The van der Waals surface area contributed by atoms with Crippen molar-refractivity contribution in [2.24, 2.45) is 10.9 Å². The second-order valence-electron chi connectivity index (χ2n) is 9.43. The Morgan fingerprint density at radius 2 is 1.73 bits per heavy atom. The summed E-state index contributed by atoms with van der Waals surface area (Å²) in [5, 5.41) is 17.9. The van der Waals surface area contributed by atoms with Gasteiger partial charge in [-0.15, -0.1) is 11.3 Å². The van der Waals surface area contributed by atoms with Gasteiger partial charge >= 0.3 is 0 Å². The van der Waals surface area contributed by atoms with E-state index in [0.29, 0.717) is 22.0 Å². The summed E-state index contributed by atoms with van der Waals surface area (Å²) in [5.41, 5.74) is 3.56. The van der Waals surface area contributed by atoms with Crippen LogP contribution in [0.25, 0.3) is 10.1 Å². The maximum absolute atomic E-state index is 13.7. The molecule has 0 saturated carbocycles. The van der Waals surface area contributed by atoms with E-state index in [1.54, 1.807) is 18.3 Å². The van der Waals surface area contributed by atoms with E-state index in [9.17, 15) is 14.9 Å². The van der Waals surface area contributed by atoms with Gasteiger partial charge < -0.3 is 10.6 Å². The van der Waals surface area contributed by atoms with E-state index in [-0.39, 0.29) is 17.6 Å². The lowest BCUT2D eigenvalue weighted by Crippen LogP contribution is -2.31. The van der Waals surface area contributed by atoms with E-state index < -0.39 is 11.8 Å². The number of hydrogen-bond donors (Lipinski definition) is 2. The fourth-order valence-corrected chi connectivity index (χ4v) is 6.91. The van der Waals surface area contributed by atoms with Gasteiger partial charge in [0.25, 0.3) is 5.91 Å². The number of nitrogens with one attached hydrogen (secondary N) is 2. The van der Waals surface area contributed by atoms with Crippen molar-refractivity contribution in [2.45, 2.75) is 26.2 Å². The number of nitriles is 1. The molecule has 0 spiro atoms. The predicted molar refractivity (Wildman–Crippen MR) is 166 cm³/mol. The number of benzene rings is 3. The van der Waals surface area contributed by atoms with Crippen molar-refractivity contribution in [3.8, 4) is 6.07 Å². The summed E-state index contributed by atoms with van der Waals surface area (Å²) in [4.78, 5) is 32.1. The lowest BCUT2D eigenvalue weighted by Gasteiger charge is -2.29. The molecule has 2 unspecified atom stereocenters. The molecule has 0 bridgehead atoms. The first kappa shape index (κ1) is 27.4. The van der Waals surface area contributed by atoms with Crippen molar-refractivity contribution in [3.05, 3.63) is 107 Å². The minimum Gasteiger partial charge on any atom is -0.325 e. The highest BCUT2D eigenvalue weighted by molar-refractivity contribution is 8.14. The number of anilines is 2. The molecule has 200 valence electrons. The third-order valence-electron chi connectivity index (χ3n) is 6.71. The molecular formula is C32H28N4O2S2. The normalized spacial score (nSPS) is 16.8. The number of allylic oxidation sites excluding steroid dienone is 1. The standard InChI is InChI=1S/C32H28N4O2S2/c1-3-21-10-9-14-24(16-21)35-28(37)19-39-32-25(18-33)30(27-17-22-11-7-8-15-26(22)40-27)29(20(2)34-32)31(38)36-23-12-5-4-6-13-23/h4-17,25,30H,3,19H2,1-2H3,(H,35,37)(H,36,38). The number of hydrogen-bond acceptors (Lipinski definition) is 6. The van der Waals surface area contributed by atoms with Crippen LogP contribution in [0.3, 0.4) is 0 Å². The SMILES string of the molecule is CCc1cccc(NC(=O)CSC2=NC(C)=C(C(=O)Nc3ccccc3)C(c3cc4ccccc4s3)C2C#N)c1. The Morgan fingerprint density at radius 1 is 0.975 bits per heavy atom. The van der Waals surface area contributed by atoms with Gasteiger partial charge in [-0.05, 0) is 60.7 Å². The number of thiophene rings is 1. The smallest absolute Gasteiger partial charge is 0.254 e. The maximum Gasteiger partial charge on any atom is 0.254 e. The zero-order chi connectivity index (χ0) is 28.1. The van der Waals surface area contributed by atoms with Crippen LogP contribution in [0.5, 0.6) is 0 Å². The van der Waals surface area contributed by atoms with E-state index in [0.717, 1.165) is 32.6 Å². The van der Waals surface area contributed by atoms with Crippen molar-refractivity contribution in [2.75, 3.05) is 16.4 Å². The fourth-order valence-electron chi connectivity index (χ4n) is 4.77. The minimum atomic E-state index is -0.713. The molecule has 0 radical (unpaired) electrons. The molecule has 2 heterocycles. The van der Waals surface area contributed by atoms with Crippen LogP contribution in [-0.2, 0) is 16.0 Å². The molecule has 0 aliphatic carbocycles. The molecule has 5 rings (SSSR count). The number of carbonyl (C=O) groups is 2. The number of carbonyl (C=O) groups excluding carboxylic acids is 2. The van der Waals surface area contributed by atoms with Gasteiger partial charge in [-0.3, -0.25) is 9.59 Å². The molecule has 0 fully saturated rings. The fraction of sp³-hybridized carbons (Fsp3) is 0.188. The molecule has 8 heteroatoms. The van der Waals surface area contributed by atoms with E-state index in [4.69, 9.17) is 4.99 Å². The van der Waals surface area contributed by atoms with Gasteiger partial charge in [0.2, 0.25) is 5.91 Å². The average Bonchev–Trinajstić information content (AvgIpc) is 3.40. The van der Waals surface area contributed by atoms with Crippen LogP contribution in [0.4, 0.5) is 11.4 Å². The van der Waals surface area contributed by atoms with Crippen LogP contribution in [-0.4, -0.2) is 22.6 Å². The Balaban J connectivity index is 1.45. The summed E-state index contributed by atoms with van der Waals surface area (Å²) in [5.74, 6) is -1.59. The van der Waals surface area contributed by atoms with E-state index in [1.807, 2.05) is 78.9 Å². The Kier molecular flexibility index (Phi) is 8.44. The monoisotopic (exact) mass is 564 g/mol. The number of aliphatic imine (C=N–C) groups is 1. The van der Waals surface area contributed by atoms with Gasteiger partial charge in [-0.25, -0.2) is 4.99 Å². The molecular weight excluding hydrogens is 537 g/mol. The Labute approximate surface area is 241 Å². The van der Waals surface area contributed by atoms with Gasteiger partial charge in [0.15, 0.2) is 0 Å². The number of thioether (sulfide) groups is 1. The van der Waals surface area contributed by atoms with Crippen LogP contribution in [0.15, 0.2) is 101 Å². The summed E-state index contributed by atoms with van der Waals surface area (Å²) in [6, 6.07) is 29.5. The molecule has 40 heavy (non-hydrogen) atoms. The highest BCUT2D eigenvalue weighted by Gasteiger charge is 2.40. The van der Waals surface area contributed by atoms with Crippen LogP contribution in [0.1, 0.15) is 30.2 Å². The van der Waals surface area contributed by atoms with E-state index in [2.05, 4.69) is 29.7 Å². The highest BCUT2D eigenvalue weighted by atomic mass is 32.2. The van der Waals surface area contributed by atoms with Crippen LogP contribution < -0.4 is 10.6 Å². The zero-order valence-electron chi connectivity index (χ0n) is 22.2. The van der Waals surface area contributed by atoms with Gasteiger partial charge in [0, 0.05) is 38.1 Å². The number of rotatable bonds is 7. The zero-order valence-corrected chi connectivity index (χ0v) is 23.8. The Bertz CT molecular complexity index is 1630. The highest BCUT2D eigenvalue weighted by Crippen LogP contribution is 2.45. The topological polar surface area (TPSA) is 94.3 Å². The molecule has 2 amide bonds. The number of fused-ring (bicyclic) bond motifs is 1. The van der Waals surface area contributed by atoms with Crippen LogP contribution in [0.2, 0.25) is 0 Å². The predicted octanol–water partition coefficient (Wildman–Crippen LogP) is 7.38.